The third kappa shape index (κ3) is 29.0. The second-order valence-corrected chi connectivity index (χ2v) is 15.4. The van der Waals surface area contributed by atoms with Crippen LogP contribution in [0, 0.1) is 17.8 Å². The predicted octanol–water partition coefficient (Wildman–Crippen LogP) is 8.89. The first-order valence-corrected chi connectivity index (χ1v) is 20.6. The van der Waals surface area contributed by atoms with Crippen LogP contribution in [0.15, 0.2) is 0 Å². The van der Waals surface area contributed by atoms with E-state index in [1.54, 1.807) is 35.0 Å². The molecule has 11 unspecified atom stereocenters. The monoisotopic (exact) mass is 770 g/mol. The Bertz CT molecular complexity index is 776. The average molecular weight is 770 g/mol. The summed E-state index contributed by atoms with van der Waals surface area (Å²) in [6, 6.07) is 0.547. The van der Waals surface area contributed by atoms with Gasteiger partial charge in [0.2, 0.25) is 0 Å². The minimum Gasteiger partial charge on any atom is -0.392 e. The molecule has 2 aliphatic heterocycles. The van der Waals surface area contributed by atoms with E-state index in [2.05, 4.69) is 73.4 Å². The van der Waals surface area contributed by atoms with Crippen LogP contribution < -0.4 is 0 Å². The van der Waals surface area contributed by atoms with E-state index in [0.29, 0.717) is 12.1 Å². The molecule has 10 nitrogen and oxygen atoms in total. The van der Waals surface area contributed by atoms with Gasteiger partial charge in [-0.05, 0) is 118 Å². The highest BCUT2D eigenvalue weighted by molar-refractivity contribution is 7.75. The Morgan fingerprint density at radius 1 is 0.904 bits per heavy atom. The van der Waals surface area contributed by atoms with Crippen molar-refractivity contribution in [2.75, 3.05) is 34.9 Å². The molecule has 0 saturated carbocycles. The van der Waals surface area contributed by atoms with Gasteiger partial charge in [-0.25, -0.2) is 0 Å². The number of hydrogen-bond donors (Lipinski definition) is 3. The van der Waals surface area contributed by atoms with Gasteiger partial charge in [-0.2, -0.15) is 0 Å². The van der Waals surface area contributed by atoms with Crippen LogP contribution in [0.1, 0.15) is 154 Å². The molecule has 2 fully saturated rings. The molecular weight excluding hydrogens is 683 g/mol. The molecular formula is C41H87NO9S. The molecule has 11 atom stereocenters. The van der Waals surface area contributed by atoms with Gasteiger partial charge >= 0.3 is 0 Å². The maximum Gasteiger partial charge on any atom is 0.172 e. The van der Waals surface area contributed by atoms with Gasteiger partial charge in [-0.15, -0.1) is 0 Å². The molecule has 11 heteroatoms. The van der Waals surface area contributed by atoms with Gasteiger partial charge in [-0.3, -0.25) is 4.18 Å². The zero-order chi connectivity index (χ0) is 40.9. The zero-order valence-corrected chi connectivity index (χ0v) is 37.5. The van der Waals surface area contributed by atoms with E-state index in [0.717, 1.165) is 76.6 Å². The van der Waals surface area contributed by atoms with Crippen LogP contribution in [-0.4, -0.2) is 111 Å². The van der Waals surface area contributed by atoms with Gasteiger partial charge in [0.15, 0.2) is 12.1 Å². The Kier molecular flexibility index (Phi) is 36.6. The SMILES string of the molecule is CC.CC1CC(N(C)C)CC(OS)O1.CC1CCOC(C)C1.CCCC(C)C(O)C(C)C=O.CCCC(CCC(OC)C(CC)OC)OC(C)(C)O. The maximum atomic E-state index is 10.3. The van der Waals surface area contributed by atoms with Crippen molar-refractivity contribution < 1.29 is 42.9 Å². The molecule has 0 amide bonds. The molecule has 2 N–H and O–H groups in total. The van der Waals surface area contributed by atoms with Crippen molar-refractivity contribution in [2.45, 2.75) is 208 Å². The fourth-order valence-electron chi connectivity index (χ4n) is 6.39. The summed E-state index contributed by atoms with van der Waals surface area (Å²) < 4.78 is 32.3. The van der Waals surface area contributed by atoms with Crippen molar-refractivity contribution >= 4 is 19.2 Å². The fraction of sp³-hybridized carbons (Fsp3) is 0.976. The molecule has 0 aromatic heterocycles. The highest BCUT2D eigenvalue weighted by atomic mass is 32.1. The molecule has 0 aliphatic carbocycles. The Balaban J connectivity index is -0.000000633. The Morgan fingerprint density at radius 2 is 1.48 bits per heavy atom. The van der Waals surface area contributed by atoms with E-state index >= 15 is 0 Å². The van der Waals surface area contributed by atoms with Crippen molar-refractivity contribution in [3.05, 3.63) is 0 Å². The number of ether oxygens (including phenoxy) is 5. The van der Waals surface area contributed by atoms with Crippen molar-refractivity contribution in [1.29, 1.82) is 0 Å². The van der Waals surface area contributed by atoms with E-state index in [-0.39, 0.29) is 42.5 Å². The average Bonchev–Trinajstić information content (AvgIpc) is 3.10. The van der Waals surface area contributed by atoms with Gasteiger partial charge in [0.25, 0.3) is 0 Å². The predicted molar refractivity (Wildman–Crippen MR) is 219 cm³/mol. The second kappa shape index (κ2) is 34.0. The molecule has 0 aromatic carbocycles. The zero-order valence-electron chi connectivity index (χ0n) is 36.6. The number of methoxy groups -OCH3 is 2. The number of aldehydes is 1. The summed E-state index contributed by atoms with van der Waals surface area (Å²) in [6.45, 7) is 24.9. The topological polar surface area (TPSA) is 116 Å². The summed E-state index contributed by atoms with van der Waals surface area (Å²) >= 11 is 3.77. The fourth-order valence-corrected chi connectivity index (χ4v) is 6.52. The smallest absolute Gasteiger partial charge is 0.172 e. The first-order valence-electron chi connectivity index (χ1n) is 20.3. The number of aliphatic hydroxyl groups excluding tert-OH is 1. The second-order valence-electron chi connectivity index (χ2n) is 15.1. The van der Waals surface area contributed by atoms with Crippen LogP contribution in [0.2, 0.25) is 0 Å². The standard InChI is InChI=1S/C15H32O4.C9H18O2.C8H17NO2S.C7H14O.C2H6/c1-7-9-12(19-15(3,4)16)10-11-14(18-6)13(8-2)17-5;1-4-5-7(2)9(11)8(3)6-10;1-6-4-7(9(2)3)5-8(10-6)11-12;1-6-3-4-8-7(2)5-6;1-2/h12-14,16H,7-11H2,1-6H3;6-9,11H,4-5H2,1-3H3;6-8,12H,4-5H2,1-3H3;6-7H,3-5H2,1-2H3;1-2H3. The highest BCUT2D eigenvalue weighted by Crippen LogP contribution is 2.24. The molecule has 2 saturated heterocycles. The summed E-state index contributed by atoms with van der Waals surface area (Å²) in [5.41, 5.74) is 0. The lowest BCUT2D eigenvalue weighted by atomic mass is 9.91. The van der Waals surface area contributed by atoms with Crippen molar-refractivity contribution in [3.63, 3.8) is 0 Å². The van der Waals surface area contributed by atoms with Gasteiger partial charge in [0, 0.05) is 39.2 Å². The molecule has 0 radical (unpaired) electrons. The lowest BCUT2D eigenvalue weighted by Gasteiger charge is -2.35. The first-order chi connectivity index (χ1) is 24.4. The van der Waals surface area contributed by atoms with E-state index in [1.165, 1.54) is 12.8 Å². The third-order valence-corrected chi connectivity index (χ3v) is 9.62. The van der Waals surface area contributed by atoms with Crippen molar-refractivity contribution in [3.8, 4) is 0 Å². The molecule has 0 aromatic rings. The molecule has 316 valence electrons. The van der Waals surface area contributed by atoms with Gasteiger partial charge < -0.3 is 43.6 Å². The Morgan fingerprint density at radius 3 is 1.87 bits per heavy atom. The van der Waals surface area contributed by atoms with Crippen LogP contribution >= 0.6 is 12.9 Å². The number of carbonyl (C=O) groups is 1. The summed E-state index contributed by atoms with van der Waals surface area (Å²) in [6.07, 6.45) is 12.4. The van der Waals surface area contributed by atoms with Crippen LogP contribution in [-0.2, 0) is 32.7 Å². The minimum absolute atomic E-state index is 0.0667. The van der Waals surface area contributed by atoms with Crippen LogP contribution in [0.5, 0.6) is 0 Å². The number of rotatable bonds is 18. The van der Waals surface area contributed by atoms with Crippen molar-refractivity contribution in [1.82, 2.24) is 4.90 Å². The van der Waals surface area contributed by atoms with Crippen molar-refractivity contribution in [2.24, 2.45) is 17.8 Å². The number of thiol groups is 1. The lowest BCUT2D eigenvalue weighted by molar-refractivity contribution is -0.209. The van der Waals surface area contributed by atoms with E-state index in [9.17, 15) is 15.0 Å². The van der Waals surface area contributed by atoms with Gasteiger partial charge in [0.1, 0.15) is 6.29 Å². The molecule has 52 heavy (non-hydrogen) atoms. The van der Waals surface area contributed by atoms with E-state index in [4.69, 9.17) is 27.9 Å². The summed E-state index contributed by atoms with van der Waals surface area (Å²) in [5.74, 6) is -0.177. The molecule has 2 rings (SSSR count). The van der Waals surface area contributed by atoms with E-state index < -0.39 is 11.9 Å². The molecule has 2 aliphatic rings. The molecule has 0 bridgehead atoms. The highest BCUT2D eigenvalue weighted by Gasteiger charge is 2.28. The third-order valence-electron chi connectivity index (χ3n) is 9.39. The number of nitrogens with zero attached hydrogens (tertiary/aromatic N) is 1. The first kappa shape index (κ1) is 56.0. The summed E-state index contributed by atoms with van der Waals surface area (Å²) in [5, 5.41) is 19.2. The summed E-state index contributed by atoms with van der Waals surface area (Å²) in [7, 11) is 7.60. The maximum absolute atomic E-state index is 10.3. The van der Waals surface area contributed by atoms with E-state index in [1.807, 2.05) is 20.8 Å². The molecule has 0 spiro atoms. The Hall–Kier alpha value is -0.340. The minimum atomic E-state index is -1.08. The molecule has 2 heterocycles. The quantitative estimate of drug-likeness (QED) is 0.0541. The van der Waals surface area contributed by atoms with Crippen LogP contribution in [0.25, 0.3) is 0 Å². The van der Waals surface area contributed by atoms with Gasteiger partial charge in [-0.1, -0.05) is 68.2 Å². The number of carbonyl (C=O) groups excluding carboxylic acids is 1. The largest absolute Gasteiger partial charge is 0.392 e. The Labute approximate surface area is 327 Å². The number of aliphatic hydroxyl groups is 2. The van der Waals surface area contributed by atoms with Crippen LogP contribution in [0.4, 0.5) is 0 Å². The summed E-state index contributed by atoms with van der Waals surface area (Å²) in [4.78, 5) is 12.5. The number of hydrogen-bond acceptors (Lipinski definition) is 11. The normalized spacial score (nSPS) is 25.1. The lowest BCUT2D eigenvalue weighted by Crippen LogP contribution is -2.41. The van der Waals surface area contributed by atoms with Crippen LogP contribution in [0.3, 0.4) is 0 Å². The van der Waals surface area contributed by atoms with Gasteiger partial charge in [0.05, 0.1) is 36.6 Å².